The fourth-order valence-corrected chi connectivity index (χ4v) is 4.84. The fraction of sp³-hybridized carbons (Fsp3) is 0.333. The molecule has 1 aliphatic heterocycles. The Bertz CT molecular complexity index is 846. The molecule has 0 aromatic heterocycles. The number of hydrogen-bond acceptors (Lipinski definition) is 5. The van der Waals surface area contributed by atoms with Gasteiger partial charge in [-0.25, -0.2) is 8.42 Å². The summed E-state index contributed by atoms with van der Waals surface area (Å²) in [7, 11) is -0.796. The molecule has 0 unspecified atom stereocenters. The van der Waals surface area contributed by atoms with Crippen molar-refractivity contribution < 1.29 is 17.9 Å². The van der Waals surface area contributed by atoms with E-state index in [2.05, 4.69) is 0 Å². The van der Waals surface area contributed by atoms with Crippen LogP contribution < -0.4 is 15.2 Å². The minimum Gasteiger partial charge on any atom is -0.497 e. The standard InChI is InChI=1S/C18H22N2O4S.ClH/c1-23-14-8-9-17(24-2)18(10-14)25(21,22)20-11-15(16(19)12-20)13-6-4-3-5-7-13;/h3-10,15-16H,11-12,19H2,1-2H3;1H/t15-,16+;/m0./s1. The Kier molecular flexibility index (Phi) is 6.52. The van der Waals surface area contributed by atoms with Crippen molar-refractivity contribution in [2.24, 2.45) is 5.73 Å². The molecule has 26 heavy (non-hydrogen) atoms. The Morgan fingerprint density at radius 2 is 1.73 bits per heavy atom. The lowest BCUT2D eigenvalue weighted by molar-refractivity contribution is 0.388. The highest BCUT2D eigenvalue weighted by atomic mass is 35.5. The van der Waals surface area contributed by atoms with E-state index < -0.39 is 10.0 Å². The van der Waals surface area contributed by atoms with Crippen LogP contribution in [0.15, 0.2) is 53.4 Å². The van der Waals surface area contributed by atoms with Crippen LogP contribution in [0.3, 0.4) is 0 Å². The molecule has 1 saturated heterocycles. The number of ether oxygens (including phenoxy) is 2. The second kappa shape index (κ2) is 8.26. The Morgan fingerprint density at radius 3 is 2.35 bits per heavy atom. The number of nitrogens with zero attached hydrogens (tertiary/aromatic N) is 1. The number of rotatable bonds is 5. The summed E-state index contributed by atoms with van der Waals surface area (Å²) in [5, 5.41) is 0. The molecular weight excluding hydrogens is 376 g/mol. The average molecular weight is 399 g/mol. The maximum Gasteiger partial charge on any atom is 0.246 e. The van der Waals surface area contributed by atoms with Gasteiger partial charge in [0.2, 0.25) is 10.0 Å². The molecule has 0 aliphatic carbocycles. The van der Waals surface area contributed by atoms with Crippen LogP contribution in [0, 0.1) is 0 Å². The Hall–Kier alpha value is -1.80. The van der Waals surface area contributed by atoms with Gasteiger partial charge in [0, 0.05) is 31.1 Å². The predicted molar refractivity (Wildman–Crippen MR) is 103 cm³/mol. The highest BCUT2D eigenvalue weighted by Gasteiger charge is 2.39. The second-order valence-electron chi connectivity index (χ2n) is 6.02. The average Bonchev–Trinajstić information content (AvgIpc) is 3.04. The fourth-order valence-electron chi connectivity index (χ4n) is 3.17. The summed E-state index contributed by atoms with van der Waals surface area (Å²) in [4.78, 5) is 0.0928. The Balaban J connectivity index is 0.00000243. The lowest BCUT2D eigenvalue weighted by Gasteiger charge is -2.19. The third-order valence-electron chi connectivity index (χ3n) is 4.55. The number of halogens is 1. The van der Waals surface area contributed by atoms with E-state index in [9.17, 15) is 8.42 Å². The molecule has 3 rings (SSSR count). The van der Waals surface area contributed by atoms with Crippen molar-refractivity contribution in [2.75, 3.05) is 27.3 Å². The van der Waals surface area contributed by atoms with Gasteiger partial charge in [-0.2, -0.15) is 4.31 Å². The summed E-state index contributed by atoms with van der Waals surface area (Å²) in [6.45, 7) is 0.607. The van der Waals surface area contributed by atoms with Crippen molar-refractivity contribution >= 4 is 22.4 Å². The van der Waals surface area contributed by atoms with Crippen molar-refractivity contribution in [3.63, 3.8) is 0 Å². The highest BCUT2D eigenvalue weighted by Crippen LogP contribution is 2.35. The van der Waals surface area contributed by atoms with Gasteiger partial charge in [-0.05, 0) is 17.7 Å². The normalized spacial score (nSPS) is 20.4. The number of nitrogens with two attached hydrogens (primary N) is 1. The number of hydrogen-bond donors (Lipinski definition) is 1. The van der Waals surface area contributed by atoms with Gasteiger partial charge < -0.3 is 15.2 Å². The van der Waals surface area contributed by atoms with Gasteiger partial charge in [0.15, 0.2) is 0 Å². The molecule has 0 bridgehead atoms. The van der Waals surface area contributed by atoms with Crippen molar-refractivity contribution in [1.29, 1.82) is 0 Å². The molecular formula is C18H23ClN2O4S. The van der Waals surface area contributed by atoms with E-state index in [4.69, 9.17) is 15.2 Å². The molecule has 0 spiro atoms. The van der Waals surface area contributed by atoms with Crippen LogP contribution in [0.5, 0.6) is 11.5 Å². The highest BCUT2D eigenvalue weighted by molar-refractivity contribution is 7.89. The van der Waals surface area contributed by atoms with E-state index >= 15 is 0 Å². The predicted octanol–water partition coefficient (Wildman–Crippen LogP) is 2.24. The van der Waals surface area contributed by atoms with Crippen LogP contribution in [0.4, 0.5) is 0 Å². The summed E-state index contributed by atoms with van der Waals surface area (Å²) in [5.74, 6) is 0.715. The molecule has 0 radical (unpaired) electrons. The third kappa shape index (κ3) is 3.81. The number of sulfonamides is 1. The van der Waals surface area contributed by atoms with Gasteiger partial charge in [0.1, 0.15) is 16.4 Å². The zero-order chi connectivity index (χ0) is 18.0. The van der Waals surface area contributed by atoms with Crippen LogP contribution in [-0.4, -0.2) is 46.1 Å². The molecule has 1 heterocycles. The van der Waals surface area contributed by atoms with E-state index in [0.29, 0.717) is 12.3 Å². The molecule has 2 aromatic rings. The van der Waals surface area contributed by atoms with Gasteiger partial charge in [0.25, 0.3) is 0 Å². The van der Waals surface area contributed by atoms with Crippen LogP contribution in [0.1, 0.15) is 11.5 Å². The SMILES string of the molecule is COc1ccc(OC)c(S(=O)(=O)N2C[C@@H](N)[C@H](c3ccccc3)C2)c1.Cl. The third-order valence-corrected chi connectivity index (χ3v) is 6.40. The quantitative estimate of drug-likeness (QED) is 0.835. The minimum atomic E-state index is -3.74. The first-order chi connectivity index (χ1) is 12.0. The Labute approximate surface area is 160 Å². The minimum absolute atomic E-state index is 0. The zero-order valence-electron chi connectivity index (χ0n) is 14.7. The molecule has 1 fully saturated rings. The van der Waals surface area contributed by atoms with E-state index in [1.165, 1.54) is 24.6 Å². The van der Waals surface area contributed by atoms with Crippen LogP contribution in [-0.2, 0) is 10.0 Å². The topological polar surface area (TPSA) is 81.9 Å². The summed E-state index contributed by atoms with van der Waals surface area (Å²) in [5.41, 5.74) is 7.29. The molecule has 8 heteroatoms. The molecule has 1 aliphatic rings. The van der Waals surface area contributed by atoms with E-state index in [0.717, 1.165) is 5.56 Å². The van der Waals surface area contributed by atoms with Crippen LogP contribution >= 0.6 is 12.4 Å². The van der Waals surface area contributed by atoms with Crippen molar-refractivity contribution in [1.82, 2.24) is 4.31 Å². The summed E-state index contributed by atoms with van der Waals surface area (Å²) < 4.78 is 38.1. The lowest BCUT2D eigenvalue weighted by atomic mass is 9.95. The largest absolute Gasteiger partial charge is 0.497 e. The maximum atomic E-state index is 13.1. The van der Waals surface area contributed by atoms with Crippen LogP contribution in [0.25, 0.3) is 0 Å². The van der Waals surface area contributed by atoms with E-state index in [1.807, 2.05) is 30.3 Å². The first-order valence-electron chi connectivity index (χ1n) is 8.00. The van der Waals surface area contributed by atoms with Gasteiger partial charge in [0.05, 0.1) is 14.2 Å². The first kappa shape index (κ1) is 20.5. The van der Waals surface area contributed by atoms with Crippen LogP contribution in [0.2, 0.25) is 0 Å². The molecule has 142 valence electrons. The van der Waals surface area contributed by atoms with Gasteiger partial charge in [-0.15, -0.1) is 12.4 Å². The van der Waals surface area contributed by atoms with Gasteiger partial charge in [-0.1, -0.05) is 30.3 Å². The first-order valence-corrected chi connectivity index (χ1v) is 9.44. The smallest absolute Gasteiger partial charge is 0.246 e. The Morgan fingerprint density at radius 1 is 1.04 bits per heavy atom. The summed E-state index contributed by atoms with van der Waals surface area (Å²) in [6.07, 6.45) is 0. The van der Waals surface area contributed by atoms with Crippen molar-refractivity contribution in [3.05, 3.63) is 54.1 Å². The zero-order valence-corrected chi connectivity index (χ0v) is 16.3. The van der Waals surface area contributed by atoms with E-state index in [-0.39, 0.29) is 41.6 Å². The molecule has 0 saturated carbocycles. The summed E-state index contributed by atoms with van der Waals surface area (Å²) in [6, 6.07) is 14.2. The van der Waals surface area contributed by atoms with Gasteiger partial charge in [-0.3, -0.25) is 0 Å². The maximum absolute atomic E-state index is 13.1. The van der Waals surface area contributed by atoms with Crippen molar-refractivity contribution in [2.45, 2.75) is 16.9 Å². The van der Waals surface area contributed by atoms with Crippen molar-refractivity contribution in [3.8, 4) is 11.5 Å². The summed E-state index contributed by atoms with van der Waals surface area (Å²) >= 11 is 0. The number of methoxy groups -OCH3 is 2. The second-order valence-corrected chi connectivity index (χ2v) is 7.93. The molecule has 0 amide bonds. The van der Waals surface area contributed by atoms with E-state index in [1.54, 1.807) is 12.1 Å². The lowest BCUT2D eigenvalue weighted by Crippen LogP contribution is -2.32. The van der Waals surface area contributed by atoms with Gasteiger partial charge >= 0.3 is 0 Å². The number of benzene rings is 2. The molecule has 2 atom stereocenters. The molecule has 2 N–H and O–H groups in total. The monoisotopic (exact) mass is 398 g/mol. The molecule has 6 nitrogen and oxygen atoms in total. The molecule has 2 aromatic carbocycles.